The molecule has 12 nitrogen and oxygen atoms in total. The van der Waals surface area contributed by atoms with Gasteiger partial charge in [0.15, 0.2) is 6.10 Å². The Bertz CT molecular complexity index is 732. The number of aliphatic hydroxyl groups is 7. The fraction of sp³-hybridized carbons (Fsp3) is 0.632. The summed E-state index contributed by atoms with van der Waals surface area (Å²) in [5, 5.41) is 69.6. The average Bonchev–Trinajstić information content (AvgIpc) is 3.04. The third kappa shape index (κ3) is 4.59. The van der Waals surface area contributed by atoms with Crippen LogP contribution >= 0.6 is 0 Å². The van der Waals surface area contributed by atoms with Gasteiger partial charge in [-0.3, -0.25) is 0 Å². The van der Waals surface area contributed by atoms with Crippen molar-refractivity contribution in [2.45, 2.75) is 54.8 Å². The third-order valence-corrected chi connectivity index (χ3v) is 5.30. The summed E-state index contributed by atoms with van der Waals surface area (Å²) in [6, 6.07) is 7.72. The quantitative estimate of drug-likeness (QED) is 0.204. The first kappa shape index (κ1) is 23.9. The van der Waals surface area contributed by atoms with Crippen LogP contribution in [0.5, 0.6) is 0 Å². The molecule has 0 aromatic heterocycles. The van der Waals surface area contributed by atoms with Crippen molar-refractivity contribution in [2.75, 3.05) is 19.8 Å². The third-order valence-electron chi connectivity index (χ3n) is 5.30. The number of hydrogen-bond acceptors (Lipinski definition) is 12. The molecule has 2 aliphatic rings. The summed E-state index contributed by atoms with van der Waals surface area (Å²) in [5.74, 6) is -3.20. The Balaban J connectivity index is 1.87. The van der Waals surface area contributed by atoms with Crippen molar-refractivity contribution in [1.29, 1.82) is 0 Å². The van der Waals surface area contributed by atoms with Gasteiger partial charge in [0.25, 0.3) is 0 Å². The second kappa shape index (κ2) is 9.83. The van der Waals surface area contributed by atoms with Crippen molar-refractivity contribution in [3.05, 3.63) is 35.9 Å². The molecule has 9 atom stereocenters. The Morgan fingerprint density at radius 2 is 1.58 bits per heavy atom. The lowest BCUT2D eigenvalue weighted by Gasteiger charge is -2.44. The number of aliphatic hydroxyl groups excluding tert-OH is 7. The van der Waals surface area contributed by atoms with Crippen LogP contribution in [0, 0.1) is 0 Å². The maximum atomic E-state index is 12.5. The second-order valence-corrected chi connectivity index (χ2v) is 7.30. The molecule has 0 spiro atoms. The van der Waals surface area contributed by atoms with E-state index in [1.165, 1.54) is 12.1 Å². The largest absolute Gasteiger partial charge is 0.450 e. The minimum atomic E-state index is -2.31. The van der Waals surface area contributed by atoms with Gasteiger partial charge in [-0.05, 0) is 12.1 Å². The number of carbonyl (C=O) groups is 1. The fourth-order valence-corrected chi connectivity index (χ4v) is 3.51. The molecule has 0 bridgehead atoms. The Kier molecular flexibility index (Phi) is 7.59. The van der Waals surface area contributed by atoms with Crippen LogP contribution in [0.4, 0.5) is 0 Å². The van der Waals surface area contributed by atoms with Crippen LogP contribution in [-0.4, -0.2) is 116 Å². The molecule has 1 aromatic rings. The van der Waals surface area contributed by atoms with Crippen LogP contribution in [0.25, 0.3) is 0 Å². The van der Waals surface area contributed by atoms with Crippen molar-refractivity contribution in [2.24, 2.45) is 0 Å². The molecule has 2 aliphatic heterocycles. The van der Waals surface area contributed by atoms with E-state index in [1.807, 2.05) is 0 Å². The lowest BCUT2D eigenvalue weighted by molar-refractivity contribution is -0.382. The lowest BCUT2D eigenvalue weighted by atomic mass is 9.98. The van der Waals surface area contributed by atoms with Crippen LogP contribution in [-0.2, 0) is 18.9 Å². The van der Waals surface area contributed by atoms with E-state index in [4.69, 9.17) is 18.9 Å². The molecule has 12 heteroatoms. The first-order valence-corrected chi connectivity index (χ1v) is 9.60. The van der Waals surface area contributed by atoms with Gasteiger partial charge in [0.05, 0.1) is 18.8 Å². The number of ether oxygens (including phenoxy) is 4. The highest BCUT2D eigenvalue weighted by atomic mass is 16.8. The summed E-state index contributed by atoms with van der Waals surface area (Å²) in [7, 11) is 0. The van der Waals surface area contributed by atoms with Gasteiger partial charge in [0.2, 0.25) is 12.1 Å². The normalized spacial score (nSPS) is 40.6. The molecule has 0 radical (unpaired) electrons. The molecule has 2 unspecified atom stereocenters. The Hall–Kier alpha value is -1.71. The molecule has 31 heavy (non-hydrogen) atoms. The second-order valence-electron chi connectivity index (χ2n) is 7.30. The van der Waals surface area contributed by atoms with E-state index in [9.17, 15) is 40.5 Å². The Morgan fingerprint density at radius 1 is 0.935 bits per heavy atom. The molecule has 0 aliphatic carbocycles. The molecular weight excluding hydrogens is 420 g/mol. The van der Waals surface area contributed by atoms with Crippen LogP contribution < -0.4 is 0 Å². The molecular formula is C19H26O12. The molecule has 7 N–H and O–H groups in total. The monoisotopic (exact) mass is 446 g/mol. The van der Waals surface area contributed by atoms with Gasteiger partial charge < -0.3 is 54.7 Å². The molecule has 1 aromatic carbocycles. The van der Waals surface area contributed by atoms with Gasteiger partial charge >= 0.3 is 5.97 Å². The van der Waals surface area contributed by atoms with Crippen molar-refractivity contribution >= 4 is 5.97 Å². The maximum Gasteiger partial charge on any atom is 0.338 e. The highest BCUT2D eigenvalue weighted by molar-refractivity contribution is 5.89. The first-order chi connectivity index (χ1) is 14.8. The molecule has 2 saturated heterocycles. The van der Waals surface area contributed by atoms with E-state index in [2.05, 4.69) is 0 Å². The summed E-state index contributed by atoms with van der Waals surface area (Å²) in [5.41, 5.74) is 0.122. The van der Waals surface area contributed by atoms with E-state index < -0.39 is 80.6 Å². The van der Waals surface area contributed by atoms with E-state index in [0.29, 0.717) is 0 Å². The number of esters is 1. The summed E-state index contributed by atoms with van der Waals surface area (Å²) >= 11 is 0. The van der Waals surface area contributed by atoms with Gasteiger partial charge in [0.1, 0.15) is 43.2 Å². The highest BCUT2D eigenvalue weighted by Crippen LogP contribution is 2.36. The summed E-state index contributed by atoms with van der Waals surface area (Å²) in [4.78, 5) is 12.5. The predicted octanol–water partition coefficient (Wildman–Crippen LogP) is -3.53. The lowest BCUT2D eigenvalue weighted by Crippen LogP contribution is -2.63. The number of rotatable bonds is 7. The van der Waals surface area contributed by atoms with Crippen molar-refractivity contribution in [1.82, 2.24) is 0 Å². The van der Waals surface area contributed by atoms with Gasteiger partial charge in [-0.25, -0.2) is 4.79 Å². The molecule has 2 fully saturated rings. The van der Waals surface area contributed by atoms with E-state index in [-0.39, 0.29) is 5.56 Å². The maximum absolute atomic E-state index is 12.5. The van der Waals surface area contributed by atoms with E-state index >= 15 is 0 Å². The van der Waals surface area contributed by atoms with Gasteiger partial charge in [-0.2, -0.15) is 0 Å². The molecule has 174 valence electrons. The first-order valence-electron chi connectivity index (χ1n) is 9.60. The van der Waals surface area contributed by atoms with Gasteiger partial charge in [-0.15, -0.1) is 0 Å². The molecule has 3 rings (SSSR count). The van der Waals surface area contributed by atoms with Crippen LogP contribution in [0.3, 0.4) is 0 Å². The van der Waals surface area contributed by atoms with Gasteiger partial charge in [-0.1, -0.05) is 18.2 Å². The number of benzene rings is 1. The zero-order valence-electron chi connectivity index (χ0n) is 16.3. The zero-order valence-corrected chi connectivity index (χ0v) is 16.3. The smallest absolute Gasteiger partial charge is 0.338 e. The standard InChI is InChI=1S/C19H26O12/c20-6-10-12(23)14(25)15(29-17(27)9-4-2-1-3-5-9)18(28-10)31-19(8-22)16(26)13(24)11(7-21)30-19/h1-5,10-16,18,20-26H,6-8H2/t10-,11-,12-,13-,14+,15-,16+,18?,19?/m1/s1. The molecule has 0 saturated carbocycles. The van der Waals surface area contributed by atoms with Gasteiger partial charge in [0, 0.05) is 0 Å². The fourth-order valence-electron chi connectivity index (χ4n) is 3.51. The SMILES string of the molecule is O=C(O[C@H]1C(OC2(CO)O[C@H](CO)[C@@H](O)[C@@H]2O)O[C@H](CO)[C@@H](O)[C@@H]1O)c1ccccc1. The van der Waals surface area contributed by atoms with Crippen molar-refractivity contribution in [3.8, 4) is 0 Å². The number of carbonyl (C=O) groups excluding carboxylic acids is 1. The minimum absolute atomic E-state index is 0.122. The topological polar surface area (TPSA) is 196 Å². The van der Waals surface area contributed by atoms with E-state index in [0.717, 1.165) is 0 Å². The highest BCUT2D eigenvalue weighted by Gasteiger charge is 2.59. The Morgan fingerprint density at radius 3 is 2.13 bits per heavy atom. The average molecular weight is 446 g/mol. The predicted molar refractivity (Wildman–Crippen MR) is 98.3 cm³/mol. The summed E-state index contributed by atoms with van der Waals surface area (Å²) in [6.07, 6.45) is -13.0. The van der Waals surface area contributed by atoms with Crippen molar-refractivity contribution < 1.29 is 59.5 Å². The Labute approximate surface area is 176 Å². The minimum Gasteiger partial charge on any atom is -0.450 e. The summed E-state index contributed by atoms with van der Waals surface area (Å²) < 4.78 is 21.5. The number of hydrogen-bond donors (Lipinski definition) is 7. The molecule has 0 amide bonds. The van der Waals surface area contributed by atoms with Crippen LogP contribution in [0.2, 0.25) is 0 Å². The van der Waals surface area contributed by atoms with Crippen LogP contribution in [0.1, 0.15) is 10.4 Å². The van der Waals surface area contributed by atoms with Crippen molar-refractivity contribution in [3.63, 3.8) is 0 Å². The zero-order chi connectivity index (χ0) is 22.8. The van der Waals surface area contributed by atoms with Crippen LogP contribution in [0.15, 0.2) is 30.3 Å². The summed E-state index contributed by atoms with van der Waals surface area (Å²) in [6.45, 7) is -2.46. The molecule has 2 heterocycles. The van der Waals surface area contributed by atoms with E-state index in [1.54, 1.807) is 18.2 Å².